The Hall–Kier alpha value is -2.63. The first-order valence-corrected chi connectivity index (χ1v) is 7.58. The molecule has 0 saturated carbocycles. The summed E-state index contributed by atoms with van der Waals surface area (Å²) in [6, 6.07) is 9.26. The van der Waals surface area contributed by atoms with Gasteiger partial charge in [0.05, 0.1) is 0 Å². The van der Waals surface area contributed by atoms with E-state index in [4.69, 9.17) is 9.15 Å². The lowest BCUT2D eigenvalue weighted by Crippen LogP contribution is -2.29. The number of aromatic nitrogens is 1. The zero-order valence-corrected chi connectivity index (χ0v) is 13.3. The molecule has 1 N–H and O–H groups in total. The number of benzene rings is 1. The van der Waals surface area contributed by atoms with Crippen molar-refractivity contribution in [2.75, 3.05) is 13.2 Å². The molecule has 1 heterocycles. The lowest BCUT2D eigenvalue weighted by Gasteiger charge is -2.04. The van der Waals surface area contributed by atoms with Crippen molar-refractivity contribution in [1.82, 2.24) is 10.3 Å². The first kappa shape index (κ1) is 16.7. The summed E-state index contributed by atoms with van der Waals surface area (Å²) in [6.07, 6.45) is 1.88. The number of carbonyl (C=O) groups is 2. The molecule has 0 bridgehead atoms. The molecule has 0 unspecified atom stereocenters. The van der Waals surface area contributed by atoms with Crippen LogP contribution in [0.2, 0.25) is 0 Å². The molecule has 6 nitrogen and oxygen atoms in total. The fraction of sp³-hybridized carbons (Fsp3) is 0.353. The molecule has 0 spiro atoms. The number of oxazole rings is 1. The summed E-state index contributed by atoms with van der Waals surface area (Å²) < 4.78 is 10.5. The minimum atomic E-state index is -0.668. The maximum atomic E-state index is 12.0. The molecule has 2 aromatic rings. The third-order valence-electron chi connectivity index (χ3n) is 3.20. The molecule has 0 saturated heterocycles. The maximum absolute atomic E-state index is 12.0. The Balaban J connectivity index is 1.95. The standard InChI is InChI=1S/C17H20N2O4/c1-3-4-10-18-14(20)11-22-17(21)15-12(2)23-16(19-15)13-8-6-5-7-9-13/h5-9H,3-4,10-11H2,1-2H3,(H,18,20). The molecule has 2 rings (SSSR count). The van der Waals surface area contributed by atoms with Crippen molar-refractivity contribution in [2.45, 2.75) is 26.7 Å². The number of hydrogen-bond donors (Lipinski definition) is 1. The number of hydrogen-bond acceptors (Lipinski definition) is 5. The van der Waals surface area contributed by atoms with E-state index in [1.807, 2.05) is 37.3 Å². The maximum Gasteiger partial charge on any atom is 0.361 e. The number of nitrogens with one attached hydrogen (secondary N) is 1. The van der Waals surface area contributed by atoms with Crippen molar-refractivity contribution in [3.8, 4) is 11.5 Å². The lowest BCUT2D eigenvalue weighted by atomic mass is 10.2. The minimum Gasteiger partial charge on any atom is -0.451 e. The van der Waals surface area contributed by atoms with Crippen molar-refractivity contribution in [2.24, 2.45) is 0 Å². The zero-order valence-electron chi connectivity index (χ0n) is 13.3. The van der Waals surface area contributed by atoms with Gasteiger partial charge in [0.1, 0.15) is 5.76 Å². The second-order valence-corrected chi connectivity index (χ2v) is 5.07. The first-order chi connectivity index (χ1) is 11.1. The number of nitrogens with zero attached hydrogens (tertiary/aromatic N) is 1. The molecular weight excluding hydrogens is 296 g/mol. The van der Waals surface area contributed by atoms with Crippen molar-refractivity contribution >= 4 is 11.9 Å². The molecule has 1 aromatic heterocycles. The van der Waals surface area contributed by atoms with Gasteiger partial charge in [0.25, 0.3) is 5.91 Å². The van der Waals surface area contributed by atoms with Crippen molar-refractivity contribution in [3.05, 3.63) is 41.8 Å². The van der Waals surface area contributed by atoms with Crippen LogP contribution in [0.5, 0.6) is 0 Å². The van der Waals surface area contributed by atoms with Crippen LogP contribution in [0.25, 0.3) is 11.5 Å². The highest BCUT2D eigenvalue weighted by Crippen LogP contribution is 2.21. The third-order valence-corrected chi connectivity index (χ3v) is 3.20. The van der Waals surface area contributed by atoms with Gasteiger partial charge < -0.3 is 14.5 Å². The Morgan fingerprint density at radius 1 is 1.26 bits per heavy atom. The van der Waals surface area contributed by atoms with Crippen LogP contribution in [0, 0.1) is 6.92 Å². The Bertz CT molecular complexity index is 664. The van der Waals surface area contributed by atoms with Gasteiger partial charge in [0.15, 0.2) is 12.3 Å². The number of amides is 1. The van der Waals surface area contributed by atoms with Crippen LogP contribution < -0.4 is 5.32 Å². The van der Waals surface area contributed by atoms with E-state index in [9.17, 15) is 9.59 Å². The summed E-state index contributed by atoms with van der Waals surface area (Å²) in [6.45, 7) is 3.92. The third kappa shape index (κ3) is 4.67. The number of unbranched alkanes of at least 4 members (excludes halogenated alkanes) is 1. The summed E-state index contributed by atoms with van der Waals surface area (Å²) in [5, 5.41) is 2.68. The lowest BCUT2D eigenvalue weighted by molar-refractivity contribution is -0.124. The van der Waals surface area contributed by atoms with Gasteiger partial charge >= 0.3 is 5.97 Å². The van der Waals surface area contributed by atoms with Gasteiger partial charge in [-0.3, -0.25) is 4.79 Å². The predicted molar refractivity (Wildman–Crippen MR) is 84.9 cm³/mol. The quantitative estimate of drug-likeness (QED) is 0.627. The Kier molecular flexibility index (Phi) is 5.91. The van der Waals surface area contributed by atoms with E-state index in [-0.39, 0.29) is 18.2 Å². The van der Waals surface area contributed by atoms with E-state index in [1.54, 1.807) is 6.92 Å². The molecule has 0 aliphatic carbocycles. The summed E-state index contributed by atoms with van der Waals surface area (Å²) in [7, 11) is 0. The topological polar surface area (TPSA) is 81.4 Å². The molecule has 0 aliphatic heterocycles. The number of carbonyl (C=O) groups excluding carboxylic acids is 2. The average Bonchev–Trinajstić information content (AvgIpc) is 2.96. The van der Waals surface area contributed by atoms with E-state index < -0.39 is 5.97 Å². The van der Waals surface area contributed by atoms with Gasteiger partial charge in [0, 0.05) is 12.1 Å². The van der Waals surface area contributed by atoms with E-state index in [2.05, 4.69) is 10.3 Å². The Morgan fingerprint density at radius 2 is 2.00 bits per heavy atom. The Labute approximate surface area is 134 Å². The average molecular weight is 316 g/mol. The van der Waals surface area contributed by atoms with E-state index in [0.29, 0.717) is 18.2 Å². The molecule has 122 valence electrons. The molecule has 6 heteroatoms. The summed E-state index contributed by atoms with van der Waals surface area (Å²) >= 11 is 0. The summed E-state index contributed by atoms with van der Waals surface area (Å²) in [5.74, 6) is -0.280. The molecule has 0 fully saturated rings. The molecule has 0 aliphatic rings. The molecule has 1 amide bonds. The van der Waals surface area contributed by atoms with Crippen LogP contribution >= 0.6 is 0 Å². The SMILES string of the molecule is CCCCNC(=O)COC(=O)c1nc(-c2ccccc2)oc1C. The van der Waals surface area contributed by atoms with Gasteiger partial charge in [0.2, 0.25) is 5.89 Å². The van der Waals surface area contributed by atoms with Crippen LogP contribution in [0.3, 0.4) is 0 Å². The number of ether oxygens (including phenoxy) is 1. The van der Waals surface area contributed by atoms with Gasteiger partial charge in [-0.15, -0.1) is 0 Å². The molecule has 1 aromatic carbocycles. The number of aryl methyl sites for hydroxylation is 1. The molecular formula is C17H20N2O4. The van der Waals surface area contributed by atoms with Crippen LogP contribution in [-0.4, -0.2) is 30.0 Å². The summed E-state index contributed by atoms with van der Waals surface area (Å²) in [4.78, 5) is 27.7. The number of rotatable bonds is 7. The van der Waals surface area contributed by atoms with E-state index in [0.717, 1.165) is 18.4 Å². The molecule has 0 atom stereocenters. The number of esters is 1. The van der Waals surface area contributed by atoms with Crippen LogP contribution in [0.4, 0.5) is 0 Å². The minimum absolute atomic E-state index is 0.0882. The van der Waals surface area contributed by atoms with Gasteiger partial charge in [-0.2, -0.15) is 0 Å². The largest absolute Gasteiger partial charge is 0.451 e. The van der Waals surface area contributed by atoms with Crippen LogP contribution in [0.1, 0.15) is 36.0 Å². The van der Waals surface area contributed by atoms with Crippen molar-refractivity contribution < 1.29 is 18.7 Å². The van der Waals surface area contributed by atoms with Crippen LogP contribution in [-0.2, 0) is 9.53 Å². The second-order valence-electron chi connectivity index (χ2n) is 5.07. The Morgan fingerprint density at radius 3 is 2.70 bits per heavy atom. The van der Waals surface area contributed by atoms with Crippen LogP contribution in [0.15, 0.2) is 34.7 Å². The fourth-order valence-electron chi connectivity index (χ4n) is 1.95. The highest BCUT2D eigenvalue weighted by atomic mass is 16.5. The summed E-state index contributed by atoms with van der Waals surface area (Å²) in [5.41, 5.74) is 0.858. The molecule has 23 heavy (non-hydrogen) atoms. The zero-order chi connectivity index (χ0) is 16.7. The predicted octanol–water partition coefficient (Wildman–Crippen LogP) is 2.72. The first-order valence-electron chi connectivity index (χ1n) is 7.58. The van der Waals surface area contributed by atoms with E-state index in [1.165, 1.54) is 0 Å². The smallest absolute Gasteiger partial charge is 0.361 e. The normalized spacial score (nSPS) is 10.3. The van der Waals surface area contributed by atoms with E-state index >= 15 is 0 Å². The van der Waals surface area contributed by atoms with Gasteiger partial charge in [-0.1, -0.05) is 31.5 Å². The monoisotopic (exact) mass is 316 g/mol. The van der Waals surface area contributed by atoms with Gasteiger partial charge in [-0.05, 0) is 25.5 Å². The van der Waals surface area contributed by atoms with Crippen molar-refractivity contribution in [3.63, 3.8) is 0 Å². The van der Waals surface area contributed by atoms with Crippen molar-refractivity contribution in [1.29, 1.82) is 0 Å². The highest BCUT2D eigenvalue weighted by Gasteiger charge is 2.20. The molecule has 0 radical (unpaired) electrons. The second kappa shape index (κ2) is 8.12. The highest BCUT2D eigenvalue weighted by molar-refractivity contribution is 5.90. The fourth-order valence-corrected chi connectivity index (χ4v) is 1.95. The van der Waals surface area contributed by atoms with Gasteiger partial charge in [-0.25, -0.2) is 9.78 Å².